The number of nitrogens with zero attached hydrogens (tertiary/aromatic N) is 4. The van der Waals surface area contributed by atoms with E-state index < -0.39 is 0 Å². The first kappa shape index (κ1) is 19.5. The van der Waals surface area contributed by atoms with Gasteiger partial charge in [0.25, 0.3) is 0 Å². The minimum Gasteiger partial charge on any atom is -0.382 e. The van der Waals surface area contributed by atoms with Gasteiger partial charge in [-0.25, -0.2) is 15.0 Å². The minimum atomic E-state index is 0.155. The van der Waals surface area contributed by atoms with Crippen LogP contribution in [0, 0.1) is 12.8 Å². The van der Waals surface area contributed by atoms with Gasteiger partial charge in [-0.1, -0.05) is 23.4 Å². The first-order chi connectivity index (χ1) is 13.3. The fourth-order valence-corrected chi connectivity index (χ4v) is 4.94. The minimum absolute atomic E-state index is 0.155. The van der Waals surface area contributed by atoms with Gasteiger partial charge in [-0.3, -0.25) is 0 Å². The monoisotopic (exact) mass is 416 g/mol. The number of hydrogen-bond donors (Lipinski definition) is 2. The van der Waals surface area contributed by atoms with E-state index in [1.165, 1.54) is 19.2 Å². The molecule has 8 heteroatoms. The van der Waals surface area contributed by atoms with Crippen molar-refractivity contribution in [2.45, 2.75) is 55.7 Å². The third kappa shape index (κ3) is 4.11. The molecule has 148 valence electrons. The summed E-state index contributed by atoms with van der Waals surface area (Å²) in [5.74, 6) is 1.17. The van der Waals surface area contributed by atoms with Crippen LogP contribution in [0.25, 0.3) is 11.2 Å². The zero-order valence-corrected chi connectivity index (χ0v) is 17.9. The predicted octanol–water partition coefficient (Wildman–Crippen LogP) is 4.30. The average molecular weight is 417 g/mol. The number of nitrogen functional groups attached to an aromatic ring is 1. The number of imidazole rings is 1. The van der Waals surface area contributed by atoms with Crippen LogP contribution in [0.1, 0.15) is 32.3 Å². The number of aryl methyl sites for hydroxylation is 1. The largest absolute Gasteiger partial charge is 0.382 e. The molecule has 1 fully saturated rings. The van der Waals surface area contributed by atoms with Crippen LogP contribution in [0.5, 0.6) is 0 Å². The van der Waals surface area contributed by atoms with Crippen LogP contribution in [0.4, 0.5) is 5.82 Å². The molecule has 2 heterocycles. The van der Waals surface area contributed by atoms with Crippen LogP contribution < -0.4 is 11.1 Å². The lowest BCUT2D eigenvalue weighted by atomic mass is 9.99. The highest BCUT2D eigenvalue weighted by Gasteiger charge is 2.37. The van der Waals surface area contributed by atoms with Crippen LogP contribution in [0.2, 0.25) is 5.02 Å². The Morgan fingerprint density at radius 1 is 1.29 bits per heavy atom. The van der Waals surface area contributed by atoms with Gasteiger partial charge in [-0.05, 0) is 63.3 Å². The summed E-state index contributed by atoms with van der Waals surface area (Å²) in [5, 5.41) is 5.26. The number of aromatic nitrogens is 4. The summed E-state index contributed by atoms with van der Waals surface area (Å²) in [4.78, 5) is 14.3. The molecule has 1 saturated carbocycles. The highest BCUT2D eigenvalue weighted by molar-refractivity contribution is 7.99. The van der Waals surface area contributed by atoms with E-state index in [4.69, 9.17) is 22.3 Å². The molecule has 0 bridgehead atoms. The van der Waals surface area contributed by atoms with E-state index in [-0.39, 0.29) is 5.54 Å². The third-order valence-corrected chi connectivity index (χ3v) is 6.45. The van der Waals surface area contributed by atoms with Crippen molar-refractivity contribution in [1.82, 2.24) is 24.8 Å². The van der Waals surface area contributed by atoms with Crippen LogP contribution in [0.3, 0.4) is 0 Å². The molecule has 6 nitrogen and oxygen atoms in total. The summed E-state index contributed by atoms with van der Waals surface area (Å²) >= 11 is 7.81. The van der Waals surface area contributed by atoms with Crippen molar-refractivity contribution in [3.63, 3.8) is 0 Å². The van der Waals surface area contributed by atoms with Crippen molar-refractivity contribution < 1.29 is 0 Å². The topological polar surface area (TPSA) is 81.7 Å². The highest BCUT2D eigenvalue weighted by atomic mass is 35.5. The maximum atomic E-state index is 6.24. The van der Waals surface area contributed by atoms with Crippen LogP contribution in [-0.4, -0.2) is 31.6 Å². The first-order valence-corrected chi connectivity index (χ1v) is 10.7. The molecule has 3 aromatic rings. The van der Waals surface area contributed by atoms with Crippen LogP contribution >= 0.6 is 23.4 Å². The molecule has 0 unspecified atom stereocenters. The van der Waals surface area contributed by atoms with Gasteiger partial charge < -0.3 is 15.6 Å². The second kappa shape index (κ2) is 7.54. The molecule has 3 N–H and O–H groups in total. The molecule has 0 atom stereocenters. The maximum Gasteiger partial charge on any atom is 0.175 e. The SMILES string of the molecule is Cc1cc(Cl)cc(Sc2nc3c(N)ncnc3n2CCNC(C)(C)C2CC2)c1. The summed E-state index contributed by atoms with van der Waals surface area (Å²) in [7, 11) is 0. The van der Waals surface area contributed by atoms with E-state index in [1.807, 2.05) is 19.1 Å². The molecule has 0 amide bonds. The Hall–Kier alpha value is -1.83. The van der Waals surface area contributed by atoms with E-state index in [0.717, 1.165) is 45.3 Å². The smallest absolute Gasteiger partial charge is 0.175 e. The number of anilines is 1. The Balaban J connectivity index is 1.63. The van der Waals surface area contributed by atoms with Gasteiger partial charge in [0.15, 0.2) is 22.1 Å². The molecule has 0 aliphatic heterocycles. The summed E-state index contributed by atoms with van der Waals surface area (Å²) in [6.45, 7) is 8.18. The van der Waals surface area contributed by atoms with Gasteiger partial charge in [0.05, 0.1) is 0 Å². The van der Waals surface area contributed by atoms with Crippen molar-refractivity contribution in [1.29, 1.82) is 0 Å². The number of nitrogens with two attached hydrogens (primary N) is 1. The van der Waals surface area contributed by atoms with E-state index in [9.17, 15) is 0 Å². The molecule has 28 heavy (non-hydrogen) atoms. The third-order valence-electron chi connectivity index (χ3n) is 5.26. The molecule has 2 aromatic heterocycles. The number of halogens is 1. The van der Waals surface area contributed by atoms with Crippen LogP contribution in [-0.2, 0) is 6.54 Å². The number of fused-ring (bicyclic) bond motifs is 1. The van der Waals surface area contributed by atoms with E-state index >= 15 is 0 Å². The first-order valence-electron chi connectivity index (χ1n) is 9.50. The lowest BCUT2D eigenvalue weighted by Crippen LogP contribution is -2.42. The Morgan fingerprint density at radius 2 is 2.07 bits per heavy atom. The van der Waals surface area contributed by atoms with Gasteiger partial charge in [0.1, 0.15) is 6.33 Å². The molecule has 1 aliphatic carbocycles. The summed E-state index contributed by atoms with van der Waals surface area (Å²) in [6, 6.07) is 6.00. The molecular formula is C20H25ClN6S. The summed E-state index contributed by atoms with van der Waals surface area (Å²) < 4.78 is 2.12. The van der Waals surface area contributed by atoms with Crippen molar-refractivity contribution in [3.05, 3.63) is 35.1 Å². The van der Waals surface area contributed by atoms with Crippen molar-refractivity contribution in [3.8, 4) is 0 Å². The molecule has 0 saturated heterocycles. The average Bonchev–Trinajstić information content (AvgIpc) is 3.40. The number of benzene rings is 1. The molecule has 4 rings (SSSR count). The molecule has 0 spiro atoms. The lowest BCUT2D eigenvalue weighted by Gasteiger charge is -2.26. The zero-order chi connectivity index (χ0) is 19.9. The fourth-order valence-electron chi connectivity index (χ4n) is 3.52. The van der Waals surface area contributed by atoms with Crippen LogP contribution in [0.15, 0.2) is 34.6 Å². The van der Waals surface area contributed by atoms with Gasteiger partial charge in [-0.15, -0.1) is 0 Å². The van der Waals surface area contributed by atoms with Gasteiger partial charge in [0.2, 0.25) is 0 Å². The summed E-state index contributed by atoms with van der Waals surface area (Å²) in [6.07, 6.45) is 4.12. The molecular weight excluding hydrogens is 392 g/mol. The van der Waals surface area contributed by atoms with Gasteiger partial charge in [-0.2, -0.15) is 0 Å². The lowest BCUT2D eigenvalue weighted by molar-refractivity contribution is 0.334. The Labute approximate surface area is 174 Å². The van der Waals surface area contributed by atoms with E-state index in [1.54, 1.807) is 11.8 Å². The van der Waals surface area contributed by atoms with E-state index in [2.05, 4.69) is 39.8 Å². The number of rotatable bonds is 7. The zero-order valence-electron chi connectivity index (χ0n) is 16.4. The Morgan fingerprint density at radius 3 is 2.79 bits per heavy atom. The standard InChI is InChI=1S/C20H25ClN6S/c1-12-8-14(21)10-15(9-12)28-19-26-16-17(22)23-11-24-18(16)27(19)7-6-25-20(2,3)13-4-5-13/h8-11,13,25H,4-7H2,1-3H3,(H2,22,23,24). The van der Waals surface area contributed by atoms with Gasteiger partial charge >= 0.3 is 0 Å². The van der Waals surface area contributed by atoms with Crippen molar-refractivity contribution in [2.75, 3.05) is 12.3 Å². The molecule has 1 aliphatic rings. The predicted molar refractivity (Wildman–Crippen MR) is 115 cm³/mol. The number of hydrogen-bond acceptors (Lipinski definition) is 6. The second-order valence-corrected chi connectivity index (χ2v) is 9.44. The van der Waals surface area contributed by atoms with Crippen molar-refractivity contribution >= 4 is 40.3 Å². The van der Waals surface area contributed by atoms with Crippen molar-refractivity contribution in [2.24, 2.45) is 5.92 Å². The fraction of sp³-hybridized carbons (Fsp3) is 0.450. The molecule has 0 radical (unpaired) electrons. The second-order valence-electron chi connectivity index (χ2n) is 7.97. The quantitative estimate of drug-likeness (QED) is 0.597. The maximum absolute atomic E-state index is 6.24. The Kier molecular flexibility index (Phi) is 5.24. The number of nitrogens with one attached hydrogen (secondary N) is 1. The molecule has 1 aromatic carbocycles. The van der Waals surface area contributed by atoms with Gasteiger partial charge in [0, 0.05) is 28.5 Å². The highest BCUT2D eigenvalue weighted by Crippen LogP contribution is 2.39. The summed E-state index contributed by atoms with van der Waals surface area (Å²) in [5.41, 5.74) is 8.73. The Bertz CT molecular complexity index is 991. The normalized spacial score (nSPS) is 14.7. The van der Waals surface area contributed by atoms with E-state index in [0.29, 0.717) is 11.3 Å².